The van der Waals surface area contributed by atoms with Gasteiger partial charge in [-0.25, -0.2) is 0 Å². The molecule has 0 radical (unpaired) electrons. The first-order valence-corrected chi connectivity index (χ1v) is 11.2. The van der Waals surface area contributed by atoms with Gasteiger partial charge in [0.25, 0.3) is 0 Å². The van der Waals surface area contributed by atoms with Crippen LogP contribution >= 0.6 is 0 Å². The quantitative estimate of drug-likeness (QED) is 0.286. The maximum Gasteiger partial charge on any atom is -0.0184 e. The second-order valence-corrected chi connectivity index (χ2v) is 8.75. The maximum absolute atomic E-state index is 2.22. The van der Waals surface area contributed by atoms with Gasteiger partial charge in [0, 0.05) is 0 Å². The van der Waals surface area contributed by atoms with E-state index in [1.54, 1.807) is 0 Å². The second kappa shape index (κ2) is 9.66. The van der Waals surface area contributed by atoms with Crippen LogP contribution in [0, 0.1) is 27.7 Å². The van der Waals surface area contributed by atoms with Crippen LogP contribution in [-0.2, 0) is 0 Å². The van der Waals surface area contributed by atoms with Gasteiger partial charge in [0.2, 0.25) is 0 Å². The lowest BCUT2D eigenvalue weighted by molar-refractivity contribution is 1.37. The van der Waals surface area contributed by atoms with Gasteiger partial charge in [-0.15, -0.1) is 0 Å². The molecule has 0 aromatic heterocycles. The molecule has 0 spiro atoms. The van der Waals surface area contributed by atoms with E-state index in [4.69, 9.17) is 0 Å². The van der Waals surface area contributed by atoms with Crippen LogP contribution < -0.4 is 0 Å². The molecule has 0 nitrogen and oxygen atoms in total. The molecule has 0 saturated carbocycles. The highest BCUT2D eigenvalue weighted by atomic mass is 14.0. The van der Waals surface area contributed by atoms with Gasteiger partial charge in [-0.3, -0.25) is 0 Å². The minimum atomic E-state index is 1.21. The van der Waals surface area contributed by atoms with Crippen molar-refractivity contribution in [1.82, 2.24) is 0 Å². The average Bonchev–Trinajstić information content (AvgIpc) is 2.76. The fourth-order valence-corrected chi connectivity index (χ4v) is 4.17. The molecule has 0 saturated heterocycles. The normalized spacial score (nSPS) is 11.5. The van der Waals surface area contributed by atoms with Gasteiger partial charge in [-0.1, -0.05) is 131 Å². The van der Waals surface area contributed by atoms with E-state index in [0.717, 1.165) is 0 Å². The molecule has 0 bridgehead atoms. The Labute approximate surface area is 192 Å². The van der Waals surface area contributed by atoms with Crippen molar-refractivity contribution >= 4 is 24.3 Å². The lowest BCUT2D eigenvalue weighted by Crippen LogP contribution is -1.82. The van der Waals surface area contributed by atoms with E-state index >= 15 is 0 Å². The van der Waals surface area contributed by atoms with Crippen molar-refractivity contribution in [2.24, 2.45) is 0 Å². The molecule has 0 fully saturated rings. The highest BCUT2D eigenvalue weighted by molar-refractivity contribution is 5.74. The average molecular weight is 415 g/mol. The highest BCUT2D eigenvalue weighted by Crippen LogP contribution is 2.22. The topological polar surface area (TPSA) is 0 Å². The third-order valence-electron chi connectivity index (χ3n) is 5.58. The first kappa shape index (κ1) is 21.6. The molecule has 4 aromatic rings. The number of rotatable bonds is 5. The van der Waals surface area contributed by atoms with E-state index in [-0.39, 0.29) is 0 Å². The zero-order chi connectivity index (χ0) is 22.5. The summed E-state index contributed by atoms with van der Waals surface area (Å²) < 4.78 is 0. The third kappa shape index (κ3) is 5.74. The highest BCUT2D eigenvalue weighted by Gasteiger charge is 1.99. The molecule has 0 aliphatic rings. The summed E-state index contributed by atoms with van der Waals surface area (Å²) >= 11 is 0. The summed E-state index contributed by atoms with van der Waals surface area (Å²) in [7, 11) is 0. The zero-order valence-electron chi connectivity index (χ0n) is 19.4. The van der Waals surface area contributed by atoms with Crippen molar-refractivity contribution in [3.05, 3.63) is 129 Å². The van der Waals surface area contributed by atoms with Crippen LogP contribution in [0.4, 0.5) is 0 Å². The third-order valence-corrected chi connectivity index (χ3v) is 5.58. The minimum Gasteiger partial charge on any atom is -0.0563 e. The molecule has 32 heavy (non-hydrogen) atoms. The number of hydrogen-bond donors (Lipinski definition) is 0. The molecule has 0 atom stereocenters. The Bertz CT molecular complexity index is 1120. The summed E-state index contributed by atoms with van der Waals surface area (Å²) in [6.07, 6.45) is 8.73. The van der Waals surface area contributed by atoms with Crippen molar-refractivity contribution in [2.45, 2.75) is 27.7 Å². The Kier molecular flexibility index (Phi) is 6.52. The van der Waals surface area contributed by atoms with Crippen molar-refractivity contribution in [3.8, 4) is 11.1 Å². The molecule has 0 aliphatic heterocycles. The Morgan fingerprint density at radius 2 is 0.625 bits per heavy atom. The van der Waals surface area contributed by atoms with E-state index in [9.17, 15) is 0 Å². The standard InChI is InChI=1S/C32H30/c1-23-17-24(2)20-29(19-23)7-5-27-9-13-31(14-10-27)32-15-11-28(12-16-32)6-8-30-21-25(3)18-26(4)22-30/h5-22H,1-4H3. The van der Waals surface area contributed by atoms with Crippen LogP contribution in [0.15, 0.2) is 84.9 Å². The summed E-state index contributed by atoms with van der Waals surface area (Å²) in [5, 5.41) is 0. The lowest BCUT2D eigenvalue weighted by Gasteiger charge is -2.04. The molecule has 0 amide bonds. The molecule has 0 unspecified atom stereocenters. The molecule has 4 rings (SSSR count). The largest absolute Gasteiger partial charge is 0.0563 e. The lowest BCUT2D eigenvalue weighted by atomic mass is 10.0. The minimum absolute atomic E-state index is 1.21. The Morgan fingerprint density at radius 3 is 0.938 bits per heavy atom. The summed E-state index contributed by atoms with van der Waals surface area (Å²) in [4.78, 5) is 0. The summed E-state index contributed by atoms with van der Waals surface area (Å²) in [5.41, 5.74) is 12.6. The Hall–Kier alpha value is -3.64. The number of benzene rings is 4. The van der Waals surface area contributed by atoms with E-state index in [1.165, 1.54) is 55.6 Å². The predicted octanol–water partition coefficient (Wildman–Crippen LogP) is 8.93. The van der Waals surface area contributed by atoms with Crippen molar-refractivity contribution in [2.75, 3.05) is 0 Å². The molecular weight excluding hydrogens is 384 g/mol. The van der Waals surface area contributed by atoms with Crippen molar-refractivity contribution < 1.29 is 0 Å². The molecule has 0 aliphatic carbocycles. The van der Waals surface area contributed by atoms with Crippen LogP contribution in [0.25, 0.3) is 35.4 Å². The fraction of sp³-hybridized carbons (Fsp3) is 0.125. The second-order valence-electron chi connectivity index (χ2n) is 8.75. The van der Waals surface area contributed by atoms with E-state index < -0.39 is 0 Å². The Morgan fingerprint density at radius 1 is 0.344 bits per heavy atom. The first-order chi connectivity index (χ1) is 15.4. The maximum atomic E-state index is 2.22. The first-order valence-electron chi connectivity index (χ1n) is 11.2. The van der Waals surface area contributed by atoms with Gasteiger partial charge in [-0.05, 0) is 61.1 Å². The monoisotopic (exact) mass is 414 g/mol. The summed E-state index contributed by atoms with van der Waals surface area (Å²) in [5.74, 6) is 0. The van der Waals surface area contributed by atoms with E-state index in [1.807, 2.05) is 0 Å². The zero-order valence-corrected chi connectivity index (χ0v) is 19.4. The molecule has 0 heteroatoms. The molecule has 158 valence electrons. The van der Waals surface area contributed by atoms with Crippen LogP contribution in [0.1, 0.15) is 44.5 Å². The van der Waals surface area contributed by atoms with Gasteiger partial charge < -0.3 is 0 Å². The Balaban J connectivity index is 1.45. The molecule has 0 N–H and O–H groups in total. The van der Waals surface area contributed by atoms with E-state index in [2.05, 4.69) is 137 Å². The van der Waals surface area contributed by atoms with Crippen LogP contribution in [0.3, 0.4) is 0 Å². The molecular formula is C32H30. The number of aryl methyl sites for hydroxylation is 4. The van der Waals surface area contributed by atoms with Gasteiger partial charge >= 0.3 is 0 Å². The molecule has 4 aromatic carbocycles. The summed E-state index contributed by atoms with van der Waals surface area (Å²) in [6, 6.07) is 30.8. The predicted molar refractivity (Wildman–Crippen MR) is 142 cm³/mol. The fourth-order valence-electron chi connectivity index (χ4n) is 4.17. The smallest absolute Gasteiger partial charge is 0.0184 e. The number of hydrogen-bond acceptors (Lipinski definition) is 0. The van der Waals surface area contributed by atoms with Gasteiger partial charge in [0.1, 0.15) is 0 Å². The van der Waals surface area contributed by atoms with E-state index in [0.29, 0.717) is 0 Å². The molecule has 0 heterocycles. The van der Waals surface area contributed by atoms with Crippen LogP contribution in [0.5, 0.6) is 0 Å². The van der Waals surface area contributed by atoms with Crippen molar-refractivity contribution in [1.29, 1.82) is 0 Å². The van der Waals surface area contributed by atoms with Crippen molar-refractivity contribution in [3.63, 3.8) is 0 Å². The summed E-state index contributed by atoms with van der Waals surface area (Å²) in [6.45, 7) is 8.57. The van der Waals surface area contributed by atoms with Gasteiger partial charge in [-0.2, -0.15) is 0 Å². The van der Waals surface area contributed by atoms with Crippen LogP contribution in [0.2, 0.25) is 0 Å². The van der Waals surface area contributed by atoms with Gasteiger partial charge in [0.05, 0.1) is 0 Å². The van der Waals surface area contributed by atoms with Crippen LogP contribution in [-0.4, -0.2) is 0 Å². The SMILES string of the molecule is Cc1cc(C)cc(C=Cc2ccc(-c3ccc(C=Cc4cc(C)cc(C)c4)cc3)cc2)c1. The van der Waals surface area contributed by atoms with Gasteiger partial charge in [0.15, 0.2) is 0 Å².